The van der Waals surface area contributed by atoms with E-state index in [2.05, 4.69) is 10.6 Å². The van der Waals surface area contributed by atoms with Gasteiger partial charge in [-0.2, -0.15) is 0 Å². The molecule has 1 heterocycles. The van der Waals surface area contributed by atoms with E-state index in [4.69, 9.17) is 4.74 Å². The summed E-state index contributed by atoms with van der Waals surface area (Å²) in [6.07, 6.45) is 7.64. The van der Waals surface area contributed by atoms with Gasteiger partial charge in [0.15, 0.2) is 6.10 Å². The predicted molar refractivity (Wildman–Crippen MR) is 103 cm³/mol. The zero-order valence-corrected chi connectivity index (χ0v) is 17.2. The summed E-state index contributed by atoms with van der Waals surface area (Å²) in [6.45, 7) is 4.67. The highest BCUT2D eigenvalue weighted by atomic mass is 16.5. The topological polar surface area (TPSA) is 105 Å². The number of ether oxygens (including phenoxy) is 1. The number of amides is 4. The van der Waals surface area contributed by atoms with E-state index < -0.39 is 36.1 Å². The van der Waals surface area contributed by atoms with Gasteiger partial charge in [0.05, 0.1) is 0 Å². The lowest BCUT2D eigenvalue weighted by Gasteiger charge is -2.22. The largest absolute Gasteiger partial charge is 0.451 e. The molecule has 2 rings (SSSR count). The van der Waals surface area contributed by atoms with Crippen molar-refractivity contribution in [1.82, 2.24) is 15.5 Å². The Kier molecular flexibility index (Phi) is 7.83. The van der Waals surface area contributed by atoms with Gasteiger partial charge in [-0.3, -0.25) is 19.3 Å². The van der Waals surface area contributed by atoms with E-state index in [1.807, 2.05) is 6.92 Å². The second-order valence-electron chi connectivity index (χ2n) is 8.09. The zero-order valence-electron chi connectivity index (χ0n) is 17.2. The van der Waals surface area contributed by atoms with Crippen LogP contribution in [-0.4, -0.2) is 52.9 Å². The van der Waals surface area contributed by atoms with Crippen LogP contribution in [0.25, 0.3) is 0 Å². The first kappa shape index (κ1) is 22.2. The van der Waals surface area contributed by atoms with E-state index in [1.165, 1.54) is 19.8 Å². The van der Waals surface area contributed by atoms with Crippen molar-refractivity contribution in [3.8, 4) is 0 Å². The molecule has 2 N–H and O–H groups in total. The first-order chi connectivity index (χ1) is 13.3. The Balaban J connectivity index is 1.84. The number of urea groups is 1. The van der Waals surface area contributed by atoms with Crippen LogP contribution in [0, 0.1) is 0 Å². The number of unbranched alkanes of at least 4 members (excludes halogenated alkanes) is 1. The Morgan fingerprint density at radius 3 is 2.50 bits per heavy atom. The van der Waals surface area contributed by atoms with E-state index in [9.17, 15) is 19.2 Å². The highest BCUT2D eigenvalue weighted by Gasteiger charge is 2.48. The van der Waals surface area contributed by atoms with E-state index in [0.29, 0.717) is 6.42 Å². The molecular weight excluding hydrogens is 362 g/mol. The Morgan fingerprint density at radius 1 is 1.25 bits per heavy atom. The van der Waals surface area contributed by atoms with Crippen LogP contribution < -0.4 is 10.6 Å². The van der Waals surface area contributed by atoms with Gasteiger partial charge in [0.25, 0.3) is 11.8 Å². The molecule has 0 aromatic carbocycles. The van der Waals surface area contributed by atoms with E-state index in [-0.39, 0.29) is 11.9 Å². The number of nitrogens with zero attached hydrogens (tertiary/aromatic N) is 1. The lowest BCUT2D eigenvalue weighted by atomic mass is 9.95. The molecule has 0 aromatic rings. The summed E-state index contributed by atoms with van der Waals surface area (Å²) in [6, 6.07) is -0.488. The number of rotatable bonds is 8. The summed E-state index contributed by atoms with van der Waals surface area (Å²) in [5.74, 6) is -1.55. The summed E-state index contributed by atoms with van der Waals surface area (Å²) in [5.41, 5.74) is -0.990. The molecule has 2 aliphatic rings. The third-order valence-corrected chi connectivity index (χ3v) is 5.54. The number of imide groups is 1. The summed E-state index contributed by atoms with van der Waals surface area (Å²) in [4.78, 5) is 50.0. The number of nitrogens with one attached hydrogen (secondary N) is 2. The molecule has 0 unspecified atom stereocenters. The lowest BCUT2D eigenvalue weighted by Crippen LogP contribution is -2.45. The average Bonchev–Trinajstić information content (AvgIpc) is 2.83. The molecule has 8 heteroatoms. The maximum atomic E-state index is 12.5. The van der Waals surface area contributed by atoms with Crippen LogP contribution in [0.15, 0.2) is 0 Å². The highest BCUT2D eigenvalue weighted by molar-refractivity contribution is 6.08. The normalized spacial score (nSPS) is 24.5. The third kappa shape index (κ3) is 5.69. The Hall–Kier alpha value is -2.12. The van der Waals surface area contributed by atoms with Gasteiger partial charge in [0, 0.05) is 6.04 Å². The smallest absolute Gasteiger partial charge is 0.327 e. The number of carbonyl (C=O) groups excluding carboxylic acids is 4. The number of hydrogen-bond donors (Lipinski definition) is 2. The predicted octanol–water partition coefficient (Wildman–Crippen LogP) is 2.26. The fourth-order valence-corrected chi connectivity index (χ4v) is 3.75. The van der Waals surface area contributed by atoms with Crippen LogP contribution in [0.4, 0.5) is 4.79 Å². The van der Waals surface area contributed by atoms with Crippen molar-refractivity contribution < 1.29 is 23.9 Å². The first-order valence-electron chi connectivity index (χ1n) is 10.4. The second-order valence-corrected chi connectivity index (χ2v) is 8.09. The Morgan fingerprint density at radius 2 is 1.89 bits per heavy atom. The summed E-state index contributed by atoms with van der Waals surface area (Å²) in [5, 5.41) is 5.59. The fraction of sp³-hybridized carbons (Fsp3) is 0.800. The van der Waals surface area contributed by atoms with Crippen LogP contribution in [0.1, 0.15) is 78.6 Å². The van der Waals surface area contributed by atoms with Crippen molar-refractivity contribution in [3.63, 3.8) is 0 Å². The van der Waals surface area contributed by atoms with Crippen LogP contribution in [0.2, 0.25) is 0 Å². The van der Waals surface area contributed by atoms with E-state index in [1.54, 1.807) is 6.92 Å². The maximum absolute atomic E-state index is 12.5. The van der Waals surface area contributed by atoms with E-state index >= 15 is 0 Å². The molecule has 0 bridgehead atoms. The van der Waals surface area contributed by atoms with Gasteiger partial charge < -0.3 is 15.4 Å². The highest BCUT2D eigenvalue weighted by Crippen LogP contribution is 2.23. The first-order valence-corrected chi connectivity index (χ1v) is 10.4. The summed E-state index contributed by atoms with van der Waals surface area (Å²) in [7, 11) is 0. The molecule has 1 saturated carbocycles. The van der Waals surface area contributed by atoms with Crippen molar-refractivity contribution in [2.75, 3.05) is 6.54 Å². The quantitative estimate of drug-likeness (QED) is 0.373. The molecule has 2 fully saturated rings. The molecule has 0 spiro atoms. The minimum atomic E-state index is -0.990. The Bertz CT molecular complexity index is 601. The van der Waals surface area contributed by atoms with Crippen molar-refractivity contribution in [2.24, 2.45) is 0 Å². The minimum Gasteiger partial charge on any atom is -0.451 e. The van der Waals surface area contributed by atoms with Gasteiger partial charge in [-0.15, -0.1) is 0 Å². The van der Waals surface area contributed by atoms with Crippen LogP contribution in [-0.2, 0) is 19.1 Å². The molecule has 1 saturated heterocycles. The molecular formula is C20H33N3O5. The molecule has 1 aliphatic heterocycles. The molecule has 28 heavy (non-hydrogen) atoms. The molecule has 4 amide bonds. The second kappa shape index (κ2) is 9.89. The molecule has 1 aliphatic carbocycles. The van der Waals surface area contributed by atoms with Gasteiger partial charge in [-0.25, -0.2) is 4.79 Å². The molecule has 0 aromatic heterocycles. The van der Waals surface area contributed by atoms with Crippen molar-refractivity contribution in [1.29, 1.82) is 0 Å². The van der Waals surface area contributed by atoms with Crippen molar-refractivity contribution in [2.45, 2.75) is 96.2 Å². The van der Waals surface area contributed by atoms with Gasteiger partial charge in [-0.05, 0) is 33.1 Å². The van der Waals surface area contributed by atoms with Crippen LogP contribution >= 0.6 is 0 Å². The monoisotopic (exact) mass is 395 g/mol. The van der Waals surface area contributed by atoms with Crippen molar-refractivity contribution >= 4 is 23.8 Å². The maximum Gasteiger partial charge on any atom is 0.327 e. The number of carbonyl (C=O) groups is 4. The van der Waals surface area contributed by atoms with Crippen molar-refractivity contribution in [3.05, 3.63) is 0 Å². The van der Waals surface area contributed by atoms with Gasteiger partial charge >= 0.3 is 12.0 Å². The molecule has 158 valence electrons. The SMILES string of the molecule is CCCC[C@@]1(C)NC(=O)N(CC(=O)O[C@H](C)C(=O)NC2CCCCCC2)C1=O. The number of hydrogen-bond acceptors (Lipinski definition) is 5. The molecule has 8 nitrogen and oxygen atoms in total. The minimum absolute atomic E-state index is 0.112. The van der Waals surface area contributed by atoms with Crippen LogP contribution in [0.5, 0.6) is 0 Å². The lowest BCUT2D eigenvalue weighted by molar-refractivity contribution is -0.156. The average molecular weight is 396 g/mol. The molecule has 0 radical (unpaired) electrons. The van der Waals surface area contributed by atoms with Gasteiger partial charge in [0.1, 0.15) is 12.1 Å². The standard InChI is InChI=1S/C20H33N3O5/c1-4-5-12-20(3)18(26)23(19(27)22-20)13-16(24)28-14(2)17(25)21-15-10-8-6-7-9-11-15/h14-15H,4-13H2,1-3H3,(H,21,25)(H,22,27)/t14-,20-/m1/s1. The zero-order chi connectivity index (χ0) is 20.7. The molecule has 2 atom stereocenters. The van der Waals surface area contributed by atoms with E-state index in [0.717, 1.165) is 43.4 Å². The Labute approximate surface area is 166 Å². The third-order valence-electron chi connectivity index (χ3n) is 5.54. The van der Waals surface area contributed by atoms with Gasteiger partial charge in [0.2, 0.25) is 0 Å². The summed E-state index contributed by atoms with van der Waals surface area (Å²) < 4.78 is 5.17. The fourth-order valence-electron chi connectivity index (χ4n) is 3.75. The number of esters is 1. The summed E-state index contributed by atoms with van der Waals surface area (Å²) >= 11 is 0. The van der Waals surface area contributed by atoms with Gasteiger partial charge in [-0.1, -0.05) is 45.4 Å². The van der Waals surface area contributed by atoms with Crippen LogP contribution in [0.3, 0.4) is 0 Å².